The molecule has 3 N–H and O–H groups in total. The van der Waals surface area contributed by atoms with Gasteiger partial charge in [-0.15, -0.1) is 0 Å². The van der Waals surface area contributed by atoms with Gasteiger partial charge in [0.05, 0.1) is 6.54 Å². The molecule has 1 aliphatic heterocycles. The second-order valence-electron chi connectivity index (χ2n) is 3.97. The fourth-order valence-electron chi connectivity index (χ4n) is 1.92. The van der Waals surface area contributed by atoms with Crippen LogP contribution in [0.1, 0.15) is 13.3 Å². The molecular weight excluding hydrogens is 166 g/mol. The predicted octanol–water partition coefficient (Wildman–Crippen LogP) is -0.598. The topological polar surface area (TPSA) is 58.4 Å². The lowest BCUT2D eigenvalue weighted by atomic mass is 9.97. The molecule has 13 heavy (non-hydrogen) atoms. The van der Waals surface area contributed by atoms with E-state index >= 15 is 0 Å². The number of carbonyl (C=O) groups excluding carboxylic acids is 1. The first-order chi connectivity index (χ1) is 6.11. The monoisotopic (exact) mass is 185 g/mol. The average Bonchev–Trinajstić information content (AvgIpc) is 2.02. The van der Waals surface area contributed by atoms with Gasteiger partial charge in [0, 0.05) is 26.2 Å². The third-order valence-corrected chi connectivity index (χ3v) is 2.41. The van der Waals surface area contributed by atoms with Crippen LogP contribution in [-0.2, 0) is 4.79 Å². The number of nitrogens with two attached hydrogens (primary N) is 1. The average molecular weight is 185 g/mol. The van der Waals surface area contributed by atoms with E-state index in [4.69, 9.17) is 5.73 Å². The van der Waals surface area contributed by atoms with E-state index in [0.29, 0.717) is 12.5 Å². The maximum Gasteiger partial charge on any atom is 0.233 e. The van der Waals surface area contributed by atoms with E-state index in [1.54, 1.807) is 7.05 Å². The number of hydrogen-bond donors (Lipinski definition) is 2. The van der Waals surface area contributed by atoms with Crippen molar-refractivity contribution in [3.05, 3.63) is 0 Å². The van der Waals surface area contributed by atoms with E-state index < -0.39 is 0 Å². The Kier molecular flexibility index (Phi) is 3.69. The highest BCUT2D eigenvalue weighted by molar-refractivity contribution is 5.77. The van der Waals surface area contributed by atoms with Crippen molar-refractivity contribution in [1.29, 1.82) is 0 Å². The number of hydrogen-bond acceptors (Lipinski definition) is 3. The number of piperidine rings is 1. The van der Waals surface area contributed by atoms with Gasteiger partial charge in [-0.1, -0.05) is 6.92 Å². The molecule has 0 aliphatic carbocycles. The van der Waals surface area contributed by atoms with Crippen molar-refractivity contribution in [2.75, 3.05) is 26.7 Å². The third-order valence-electron chi connectivity index (χ3n) is 2.41. The maximum absolute atomic E-state index is 11.1. The molecule has 0 radical (unpaired) electrons. The second kappa shape index (κ2) is 4.58. The van der Waals surface area contributed by atoms with E-state index in [-0.39, 0.29) is 11.9 Å². The van der Waals surface area contributed by atoms with Crippen LogP contribution in [0, 0.1) is 5.92 Å². The van der Waals surface area contributed by atoms with Gasteiger partial charge in [-0.05, 0) is 12.3 Å². The molecule has 76 valence electrons. The highest BCUT2D eigenvalue weighted by Gasteiger charge is 2.22. The fourth-order valence-corrected chi connectivity index (χ4v) is 1.92. The van der Waals surface area contributed by atoms with Crippen molar-refractivity contribution in [3.8, 4) is 0 Å². The van der Waals surface area contributed by atoms with Gasteiger partial charge in [-0.3, -0.25) is 9.69 Å². The predicted molar refractivity (Wildman–Crippen MR) is 52.3 cm³/mol. The van der Waals surface area contributed by atoms with Crippen LogP contribution in [0.3, 0.4) is 0 Å². The van der Waals surface area contributed by atoms with Crippen molar-refractivity contribution >= 4 is 5.91 Å². The number of nitrogens with one attached hydrogen (secondary N) is 1. The lowest BCUT2D eigenvalue weighted by Crippen LogP contribution is -2.49. The molecule has 1 saturated heterocycles. The van der Waals surface area contributed by atoms with Gasteiger partial charge in [0.2, 0.25) is 5.91 Å². The molecule has 2 unspecified atom stereocenters. The summed E-state index contributed by atoms with van der Waals surface area (Å²) >= 11 is 0. The Balaban J connectivity index is 2.37. The summed E-state index contributed by atoms with van der Waals surface area (Å²) in [6.45, 7) is 4.49. The van der Waals surface area contributed by atoms with E-state index in [1.165, 1.54) is 0 Å². The van der Waals surface area contributed by atoms with Crippen LogP contribution >= 0.6 is 0 Å². The number of carbonyl (C=O) groups is 1. The zero-order valence-corrected chi connectivity index (χ0v) is 8.42. The summed E-state index contributed by atoms with van der Waals surface area (Å²) in [5, 5.41) is 2.62. The van der Waals surface area contributed by atoms with Crippen LogP contribution in [0.2, 0.25) is 0 Å². The Bertz CT molecular complexity index is 174. The van der Waals surface area contributed by atoms with Gasteiger partial charge in [0.1, 0.15) is 0 Å². The summed E-state index contributed by atoms with van der Waals surface area (Å²) in [6.07, 6.45) is 1.07. The van der Waals surface area contributed by atoms with Crippen LogP contribution in [0.5, 0.6) is 0 Å². The molecule has 0 spiro atoms. The zero-order chi connectivity index (χ0) is 9.84. The van der Waals surface area contributed by atoms with Crippen LogP contribution in [-0.4, -0.2) is 43.5 Å². The van der Waals surface area contributed by atoms with Gasteiger partial charge in [0.25, 0.3) is 0 Å². The summed E-state index contributed by atoms with van der Waals surface area (Å²) in [7, 11) is 1.66. The molecular formula is C9H19N3O. The smallest absolute Gasteiger partial charge is 0.233 e. The third kappa shape index (κ3) is 3.32. The van der Waals surface area contributed by atoms with E-state index in [0.717, 1.165) is 19.5 Å². The van der Waals surface area contributed by atoms with E-state index in [2.05, 4.69) is 17.1 Å². The van der Waals surface area contributed by atoms with E-state index in [1.807, 2.05) is 0 Å². The molecule has 0 saturated carbocycles. The highest BCUT2D eigenvalue weighted by atomic mass is 16.1. The summed E-state index contributed by atoms with van der Waals surface area (Å²) in [5.74, 6) is 0.676. The van der Waals surface area contributed by atoms with Gasteiger partial charge in [-0.2, -0.15) is 0 Å². The zero-order valence-electron chi connectivity index (χ0n) is 8.42. The van der Waals surface area contributed by atoms with Crippen molar-refractivity contribution in [2.45, 2.75) is 19.4 Å². The minimum atomic E-state index is 0.0706. The Labute approximate surface area is 79.5 Å². The lowest BCUT2D eigenvalue weighted by molar-refractivity contribution is -0.122. The number of likely N-dealkylation sites (tertiary alicyclic amines) is 1. The van der Waals surface area contributed by atoms with Crippen molar-refractivity contribution in [3.63, 3.8) is 0 Å². The largest absolute Gasteiger partial charge is 0.358 e. The molecule has 0 aromatic rings. The standard InChI is InChI=1S/C9H19N3O/c1-7-3-8(10)5-12(4-7)6-9(13)11-2/h7-8H,3-6,10H2,1-2H3,(H,11,13). The maximum atomic E-state index is 11.1. The lowest BCUT2D eigenvalue weighted by Gasteiger charge is -2.34. The molecule has 4 nitrogen and oxygen atoms in total. The molecule has 1 aliphatic rings. The first-order valence-corrected chi connectivity index (χ1v) is 4.80. The Morgan fingerprint density at radius 2 is 2.31 bits per heavy atom. The minimum absolute atomic E-state index is 0.0706. The summed E-state index contributed by atoms with van der Waals surface area (Å²) in [5.41, 5.74) is 5.86. The number of rotatable bonds is 2. The normalized spacial score (nSPS) is 30.1. The molecule has 1 amide bonds. The quantitative estimate of drug-likeness (QED) is 0.604. The highest BCUT2D eigenvalue weighted by Crippen LogP contribution is 2.14. The van der Waals surface area contributed by atoms with Crippen molar-refractivity contribution in [2.24, 2.45) is 11.7 Å². The van der Waals surface area contributed by atoms with Gasteiger partial charge < -0.3 is 11.1 Å². The molecule has 0 aromatic carbocycles. The molecule has 0 aromatic heterocycles. The Morgan fingerprint density at radius 1 is 1.62 bits per heavy atom. The van der Waals surface area contributed by atoms with Crippen LogP contribution in [0.25, 0.3) is 0 Å². The molecule has 1 heterocycles. The molecule has 4 heteroatoms. The molecule has 0 bridgehead atoms. The van der Waals surface area contributed by atoms with Crippen molar-refractivity contribution < 1.29 is 4.79 Å². The SMILES string of the molecule is CNC(=O)CN1CC(C)CC(N)C1. The van der Waals surface area contributed by atoms with Crippen molar-refractivity contribution in [1.82, 2.24) is 10.2 Å². The van der Waals surface area contributed by atoms with E-state index in [9.17, 15) is 4.79 Å². The van der Waals surface area contributed by atoms with Crippen LogP contribution < -0.4 is 11.1 Å². The van der Waals surface area contributed by atoms with Gasteiger partial charge >= 0.3 is 0 Å². The summed E-state index contributed by atoms with van der Waals surface area (Å²) < 4.78 is 0. The first kappa shape index (κ1) is 10.5. The number of amides is 1. The van der Waals surface area contributed by atoms with Crippen LogP contribution in [0.15, 0.2) is 0 Å². The number of nitrogens with zero attached hydrogens (tertiary/aromatic N) is 1. The molecule has 1 fully saturated rings. The Hall–Kier alpha value is -0.610. The van der Waals surface area contributed by atoms with Gasteiger partial charge in [0.15, 0.2) is 0 Å². The minimum Gasteiger partial charge on any atom is -0.358 e. The molecule has 2 atom stereocenters. The summed E-state index contributed by atoms with van der Waals surface area (Å²) in [4.78, 5) is 13.2. The summed E-state index contributed by atoms with van der Waals surface area (Å²) in [6, 6.07) is 0.230. The van der Waals surface area contributed by atoms with Crippen LogP contribution in [0.4, 0.5) is 0 Å². The van der Waals surface area contributed by atoms with Gasteiger partial charge in [-0.25, -0.2) is 0 Å². The Morgan fingerprint density at radius 3 is 2.85 bits per heavy atom. The second-order valence-corrected chi connectivity index (χ2v) is 3.97. The number of likely N-dealkylation sites (N-methyl/N-ethyl adjacent to an activating group) is 1. The molecule has 1 rings (SSSR count). The fraction of sp³-hybridized carbons (Fsp3) is 0.889. The first-order valence-electron chi connectivity index (χ1n) is 4.80.